The molecule has 2 aromatic rings. The molecular formula is C15H17FN2O2S. The van der Waals surface area contributed by atoms with Crippen molar-refractivity contribution in [3.63, 3.8) is 0 Å². The van der Waals surface area contributed by atoms with Crippen molar-refractivity contribution >= 4 is 15.7 Å². The molecule has 0 aromatic heterocycles. The fraction of sp³-hybridized carbons (Fsp3) is 0.200. The standard InChI is InChI=1S/C15H17FN2O2S/c1-11-7-8-13(17)9-15(11)21(19,20)18(2)10-12-5-3-4-6-14(12)16/h3-9H,10,17H2,1-2H3. The van der Waals surface area contributed by atoms with Gasteiger partial charge in [-0.25, -0.2) is 12.8 Å². The third kappa shape index (κ3) is 3.22. The third-order valence-electron chi connectivity index (χ3n) is 3.25. The summed E-state index contributed by atoms with van der Waals surface area (Å²) < 4.78 is 39.9. The van der Waals surface area contributed by atoms with E-state index in [0.29, 0.717) is 16.8 Å². The van der Waals surface area contributed by atoms with E-state index >= 15 is 0 Å². The maximum absolute atomic E-state index is 13.6. The van der Waals surface area contributed by atoms with Gasteiger partial charge in [-0.3, -0.25) is 0 Å². The lowest BCUT2D eigenvalue weighted by Gasteiger charge is -2.19. The molecule has 2 aromatic carbocycles. The van der Waals surface area contributed by atoms with Gasteiger partial charge in [0, 0.05) is 24.8 Å². The first-order valence-electron chi connectivity index (χ1n) is 6.38. The van der Waals surface area contributed by atoms with Crippen molar-refractivity contribution < 1.29 is 12.8 Å². The second-order valence-electron chi connectivity index (χ2n) is 4.88. The second-order valence-corrected chi connectivity index (χ2v) is 6.89. The molecule has 0 fully saturated rings. The molecule has 0 saturated carbocycles. The van der Waals surface area contributed by atoms with Crippen LogP contribution in [0, 0.1) is 12.7 Å². The molecule has 0 aliphatic heterocycles. The van der Waals surface area contributed by atoms with E-state index in [2.05, 4.69) is 0 Å². The summed E-state index contributed by atoms with van der Waals surface area (Å²) in [5.41, 5.74) is 6.96. The molecule has 112 valence electrons. The van der Waals surface area contributed by atoms with Gasteiger partial charge in [0.15, 0.2) is 0 Å². The van der Waals surface area contributed by atoms with Crippen LogP contribution in [0.3, 0.4) is 0 Å². The maximum atomic E-state index is 13.6. The first kappa shape index (κ1) is 15.5. The largest absolute Gasteiger partial charge is 0.399 e. The van der Waals surface area contributed by atoms with Crippen LogP contribution in [0.5, 0.6) is 0 Å². The van der Waals surface area contributed by atoms with Gasteiger partial charge in [-0.1, -0.05) is 24.3 Å². The number of hydrogen-bond acceptors (Lipinski definition) is 3. The van der Waals surface area contributed by atoms with Crippen molar-refractivity contribution in [3.05, 3.63) is 59.4 Å². The van der Waals surface area contributed by atoms with Gasteiger partial charge in [-0.05, 0) is 30.7 Å². The predicted octanol–water partition coefficient (Wildman–Crippen LogP) is 2.54. The molecular weight excluding hydrogens is 291 g/mol. The van der Waals surface area contributed by atoms with Gasteiger partial charge in [-0.2, -0.15) is 4.31 Å². The number of aryl methyl sites for hydroxylation is 1. The molecule has 0 atom stereocenters. The normalized spacial score (nSPS) is 11.8. The van der Waals surface area contributed by atoms with Crippen LogP contribution in [0.2, 0.25) is 0 Å². The van der Waals surface area contributed by atoms with E-state index in [1.807, 2.05) is 0 Å². The minimum atomic E-state index is -3.72. The molecule has 21 heavy (non-hydrogen) atoms. The zero-order chi connectivity index (χ0) is 15.6. The van der Waals surface area contributed by atoms with Gasteiger partial charge in [0.2, 0.25) is 10.0 Å². The fourth-order valence-corrected chi connectivity index (χ4v) is 3.42. The van der Waals surface area contributed by atoms with Crippen LogP contribution in [-0.2, 0) is 16.6 Å². The lowest BCUT2D eigenvalue weighted by molar-refractivity contribution is 0.456. The van der Waals surface area contributed by atoms with Gasteiger partial charge < -0.3 is 5.73 Å². The van der Waals surface area contributed by atoms with Crippen molar-refractivity contribution in [3.8, 4) is 0 Å². The van der Waals surface area contributed by atoms with Crippen LogP contribution in [0.15, 0.2) is 47.4 Å². The van der Waals surface area contributed by atoms with Crippen molar-refractivity contribution in [2.75, 3.05) is 12.8 Å². The maximum Gasteiger partial charge on any atom is 0.243 e. The molecule has 0 unspecified atom stereocenters. The van der Waals surface area contributed by atoms with Gasteiger partial charge >= 0.3 is 0 Å². The van der Waals surface area contributed by atoms with Crippen LogP contribution in [-0.4, -0.2) is 19.8 Å². The smallest absolute Gasteiger partial charge is 0.243 e. The molecule has 0 aliphatic carbocycles. The number of nitrogens with zero attached hydrogens (tertiary/aromatic N) is 1. The summed E-state index contributed by atoms with van der Waals surface area (Å²) in [6.07, 6.45) is 0. The number of nitrogens with two attached hydrogens (primary N) is 1. The minimum absolute atomic E-state index is 0.0384. The van der Waals surface area contributed by atoms with Crippen molar-refractivity contribution in [1.29, 1.82) is 0 Å². The molecule has 0 saturated heterocycles. The fourth-order valence-electron chi connectivity index (χ4n) is 2.01. The molecule has 6 heteroatoms. The Labute approximate surface area is 124 Å². The minimum Gasteiger partial charge on any atom is -0.399 e. The number of nitrogen functional groups attached to an aromatic ring is 1. The molecule has 0 heterocycles. The molecule has 2 rings (SSSR count). The van der Waals surface area contributed by atoms with Crippen molar-refractivity contribution in [2.45, 2.75) is 18.4 Å². The summed E-state index contributed by atoms with van der Waals surface area (Å²) in [7, 11) is -2.30. The van der Waals surface area contributed by atoms with Crippen LogP contribution in [0.1, 0.15) is 11.1 Å². The Kier molecular flexibility index (Phi) is 4.29. The summed E-state index contributed by atoms with van der Waals surface area (Å²) in [5, 5.41) is 0. The van der Waals surface area contributed by atoms with E-state index < -0.39 is 15.8 Å². The highest BCUT2D eigenvalue weighted by Gasteiger charge is 2.23. The van der Waals surface area contributed by atoms with Crippen molar-refractivity contribution in [1.82, 2.24) is 4.31 Å². The van der Waals surface area contributed by atoms with Gasteiger partial charge in [0.05, 0.1) is 4.90 Å². The SMILES string of the molecule is Cc1ccc(N)cc1S(=O)(=O)N(C)Cc1ccccc1F. The average molecular weight is 308 g/mol. The number of sulfonamides is 1. The Balaban J connectivity index is 2.35. The molecule has 2 N–H and O–H groups in total. The third-order valence-corrected chi connectivity index (χ3v) is 5.20. The zero-order valence-corrected chi connectivity index (χ0v) is 12.7. The number of hydrogen-bond donors (Lipinski definition) is 1. The lowest BCUT2D eigenvalue weighted by atomic mass is 10.2. The summed E-state index contributed by atoms with van der Waals surface area (Å²) in [6.45, 7) is 1.66. The Morgan fingerprint density at radius 3 is 2.52 bits per heavy atom. The highest BCUT2D eigenvalue weighted by molar-refractivity contribution is 7.89. The number of halogens is 1. The summed E-state index contributed by atoms with van der Waals surface area (Å²) in [6, 6.07) is 10.8. The van der Waals surface area contributed by atoms with E-state index in [1.54, 1.807) is 37.3 Å². The predicted molar refractivity (Wildman–Crippen MR) is 80.6 cm³/mol. The molecule has 0 spiro atoms. The molecule has 0 bridgehead atoms. The monoisotopic (exact) mass is 308 g/mol. The van der Waals surface area contributed by atoms with Crippen LogP contribution in [0.4, 0.5) is 10.1 Å². The zero-order valence-electron chi connectivity index (χ0n) is 11.9. The first-order valence-corrected chi connectivity index (χ1v) is 7.82. The van der Waals surface area contributed by atoms with Gasteiger partial charge in [-0.15, -0.1) is 0 Å². The van der Waals surface area contributed by atoms with Gasteiger partial charge in [0.1, 0.15) is 5.82 Å². The van der Waals surface area contributed by atoms with Gasteiger partial charge in [0.25, 0.3) is 0 Å². The first-order chi connectivity index (χ1) is 9.82. The lowest BCUT2D eigenvalue weighted by Crippen LogP contribution is -2.27. The summed E-state index contributed by atoms with van der Waals surface area (Å²) in [5.74, 6) is -0.427. The van der Waals surface area contributed by atoms with Crippen molar-refractivity contribution in [2.24, 2.45) is 0 Å². The topological polar surface area (TPSA) is 63.4 Å². The molecule has 0 radical (unpaired) electrons. The van der Waals surface area contributed by atoms with Crippen LogP contribution in [0.25, 0.3) is 0 Å². The molecule has 0 amide bonds. The van der Waals surface area contributed by atoms with E-state index in [-0.39, 0.29) is 11.4 Å². The van der Waals surface area contributed by atoms with E-state index in [9.17, 15) is 12.8 Å². The van der Waals surface area contributed by atoms with E-state index in [4.69, 9.17) is 5.73 Å². The summed E-state index contributed by atoms with van der Waals surface area (Å²) in [4.78, 5) is 0.140. The second kappa shape index (κ2) is 5.83. The average Bonchev–Trinajstić information content (AvgIpc) is 2.43. The quantitative estimate of drug-likeness (QED) is 0.883. The van der Waals surface area contributed by atoms with E-state index in [0.717, 1.165) is 4.31 Å². The molecule has 0 aliphatic rings. The Hall–Kier alpha value is -1.92. The number of benzene rings is 2. The summed E-state index contributed by atoms with van der Waals surface area (Å²) >= 11 is 0. The highest BCUT2D eigenvalue weighted by atomic mass is 32.2. The van der Waals surface area contributed by atoms with Crippen LogP contribution < -0.4 is 5.73 Å². The Morgan fingerprint density at radius 2 is 1.86 bits per heavy atom. The Bertz CT molecular complexity index is 760. The Morgan fingerprint density at radius 1 is 1.19 bits per heavy atom. The highest BCUT2D eigenvalue weighted by Crippen LogP contribution is 2.23. The van der Waals surface area contributed by atoms with Crippen LogP contribution >= 0.6 is 0 Å². The molecule has 4 nitrogen and oxygen atoms in total. The number of anilines is 1. The number of rotatable bonds is 4. The van der Waals surface area contributed by atoms with E-state index in [1.165, 1.54) is 19.2 Å².